The Morgan fingerprint density at radius 3 is 2.42 bits per heavy atom. The van der Waals surface area contributed by atoms with Crippen LogP contribution in [0, 0.1) is 11.8 Å². The maximum Gasteiger partial charge on any atom is 0.161 e. The summed E-state index contributed by atoms with van der Waals surface area (Å²) in [6.07, 6.45) is 0. The fourth-order valence-corrected chi connectivity index (χ4v) is 3.32. The molecule has 1 aromatic carbocycles. The smallest absolute Gasteiger partial charge is 0.161 e. The lowest BCUT2D eigenvalue weighted by molar-refractivity contribution is 0.304. The summed E-state index contributed by atoms with van der Waals surface area (Å²) in [5, 5.41) is 3.48. The van der Waals surface area contributed by atoms with Crippen LogP contribution in [-0.2, 0) is 6.54 Å². The van der Waals surface area contributed by atoms with Gasteiger partial charge in [0.2, 0.25) is 0 Å². The first-order valence-corrected chi connectivity index (χ1v) is 6.94. The van der Waals surface area contributed by atoms with E-state index in [1.165, 1.54) is 31.7 Å². The number of nitrogens with zero attached hydrogens (tertiary/aromatic N) is 1. The van der Waals surface area contributed by atoms with Gasteiger partial charge < -0.3 is 14.8 Å². The molecule has 0 radical (unpaired) electrons. The van der Waals surface area contributed by atoms with E-state index in [1.54, 1.807) is 14.2 Å². The summed E-state index contributed by atoms with van der Waals surface area (Å²) in [6.45, 7) is 5.81. The largest absolute Gasteiger partial charge is 0.493 e. The highest BCUT2D eigenvalue weighted by Crippen LogP contribution is 2.30. The quantitative estimate of drug-likeness (QED) is 0.888. The van der Waals surface area contributed by atoms with Gasteiger partial charge in [-0.15, -0.1) is 0 Å². The summed E-state index contributed by atoms with van der Waals surface area (Å²) in [7, 11) is 3.36. The summed E-state index contributed by atoms with van der Waals surface area (Å²) >= 11 is 0. The van der Waals surface area contributed by atoms with Crippen molar-refractivity contribution in [3.63, 3.8) is 0 Å². The second-order valence-electron chi connectivity index (χ2n) is 5.56. The van der Waals surface area contributed by atoms with Gasteiger partial charge in [0, 0.05) is 19.6 Å². The molecule has 0 saturated carbocycles. The molecular formula is C15H22N2O2. The maximum atomic E-state index is 5.36. The first-order chi connectivity index (χ1) is 9.30. The molecular weight excluding hydrogens is 240 g/mol. The Morgan fingerprint density at radius 2 is 1.79 bits per heavy atom. The van der Waals surface area contributed by atoms with Crippen LogP contribution in [0.4, 0.5) is 0 Å². The van der Waals surface area contributed by atoms with E-state index in [4.69, 9.17) is 9.47 Å². The molecule has 19 heavy (non-hydrogen) atoms. The molecule has 4 heteroatoms. The molecule has 104 valence electrons. The Hall–Kier alpha value is -1.26. The van der Waals surface area contributed by atoms with Gasteiger partial charge in [-0.1, -0.05) is 6.07 Å². The van der Waals surface area contributed by atoms with E-state index in [9.17, 15) is 0 Å². The lowest BCUT2D eigenvalue weighted by Gasteiger charge is -2.18. The van der Waals surface area contributed by atoms with Gasteiger partial charge in [-0.3, -0.25) is 4.90 Å². The third kappa shape index (κ3) is 2.55. The molecule has 2 fully saturated rings. The molecule has 2 heterocycles. The van der Waals surface area contributed by atoms with Crippen molar-refractivity contribution in [2.45, 2.75) is 6.54 Å². The van der Waals surface area contributed by atoms with E-state index >= 15 is 0 Å². The lowest BCUT2D eigenvalue weighted by atomic mass is 10.0. The highest BCUT2D eigenvalue weighted by molar-refractivity contribution is 5.42. The predicted octanol–water partition coefficient (Wildman–Crippen LogP) is 1.35. The van der Waals surface area contributed by atoms with Crippen LogP contribution in [0.5, 0.6) is 11.5 Å². The minimum Gasteiger partial charge on any atom is -0.493 e. The lowest BCUT2D eigenvalue weighted by Crippen LogP contribution is -2.25. The molecule has 1 N–H and O–H groups in total. The Morgan fingerprint density at radius 1 is 1.11 bits per heavy atom. The zero-order chi connectivity index (χ0) is 13.2. The highest BCUT2D eigenvalue weighted by Gasteiger charge is 2.35. The van der Waals surface area contributed by atoms with E-state index in [1.807, 2.05) is 6.07 Å². The second kappa shape index (κ2) is 5.39. The molecule has 0 unspecified atom stereocenters. The van der Waals surface area contributed by atoms with E-state index in [0.717, 1.165) is 29.9 Å². The normalized spacial score (nSPS) is 26.4. The van der Waals surface area contributed by atoms with E-state index < -0.39 is 0 Å². The van der Waals surface area contributed by atoms with Crippen molar-refractivity contribution in [1.29, 1.82) is 0 Å². The van der Waals surface area contributed by atoms with Gasteiger partial charge in [-0.25, -0.2) is 0 Å². The number of fused-ring (bicyclic) bond motifs is 1. The van der Waals surface area contributed by atoms with Gasteiger partial charge in [0.15, 0.2) is 11.5 Å². The fourth-order valence-electron chi connectivity index (χ4n) is 3.32. The van der Waals surface area contributed by atoms with Crippen molar-refractivity contribution in [1.82, 2.24) is 10.2 Å². The number of benzene rings is 1. The maximum absolute atomic E-state index is 5.36. The fraction of sp³-hybridized carbons (Fsp3) is 0.600. The van der Waals surface area contributed by atoms with Crippen molar-refractivity contribution >= 4 is 0 Å². The summed E-state index contributed by atoms with van der Waals surface area (Å²) in [5.74, 6) is 3.31. The predicted molar refractivity (Wildman–Crippen MR) is 74.7 cm³/mol. The molecule has 0 amide bonds. The van der Waals surface area contributed by atoms with Crippen LogP contribution in [0.25, 0.3) is 0 Å². The summed E-state index contributed by atoms with van der Waals surface area (Å²) in [6, 6.07) is 6.21. The Labute approximate surface area is 114 Å². The summed E-state index contributed by atoms with van der Waals surface area (Å²) in [5.41, 5.74) is 1.30. The van der Waals surface area contributed by atoms with Crippen molar-refractivity contribution in [3.8, 4) is 11.5 Å². The van der Waals surface area contributed by atoms with Crippen LogP contribution in [0.3, 0.4) is 0 Å². The standard InChI is InChI=1S/C15H22N2O2/c1-18-14-4-3-11(5-15(14)19-2)8-17-9-12-6-16-7-13(12)10-17/h3-5,12-13,16H,6-10H2,1-2H3/t12-,13+. The van der Waals surface area contributed by atoms with E-state index in [-0.39, 0.29) is 0 Å². The molecule has 0 bridgehead atoms. The van der Waals surface area contributed by atoms with E-state index in [0.29, 0.717) is 0 Å². The SMILES string of the molecule is COc1ccc(CN2C[C@H]3CNC[C@H]3C2)cc1OC. The van der Waals surface area contributed by atoms with E-state index in [2.05, 4.69) is 22.3 Å². The van der Waals surface area contributed by atoms with Crippen LogP contribution in [-0.4, -0.2) is 45.3 Å². The van der Waals surface area contributed by atoms with Crippen LogP contribution in [0.15, 0.2) is 18.2 Å². The van der Waals surface area contributed by atoms with Crippen LogP contribution < -0.4 is 14.8 Å². The Balaban J connectivity index is 1.67. The molecule has 3 rings (SSSR count). The molecule has 4 nitrogen and oxygen atoms in total. The molecule has 0 aromatic heterocycles. The van der Waals surface area contributed by atoms with Crippen LogP contribution >= 0.6 is 0 Å². The van der Waals surface area contributed by atoms with Crippen molar-refractivity contribution in [2.75, 3.05) is 40.4 Å². The highest BCUT2D eigenvalue weighted by atomic mass is 16.5. The van der Waals surface area contributed by atoms with Gasteiger partial charge in [0.25, 0.3) is 0 Å². The number of methoxy groups -OCH3 is 2. The van der Waals surface area contributed by atoms with Gasteiger partial charge >= 0.3 is 0 Å². The molecule has 2 aliphatic rings. The van der Waals surface area contributed by atoms with Gasteiger partial charge in [0.05, 0.1) is 14.2 Å². The van der Waals surface area contributed by atoms with Gasteiger partial charge in [-0.05, 0) is 42.6 Å². The first-order valence-electron chi connectivity index (χ1n) is 6.94. The molecule has 0 spiro atoms. The van der Waals surface area contributed by atoms with Crippen LogP contribution in [0.1, 0.15) is 5.56 Å². The molecule has 2 atom stereocenters. The van der Waals surface area contributed by atoms with Gasteiger partial charge in [-0.2, -0.15) is 0 Å². The number of hydrogen-bond donors (Lipinski definition) is 1. The minimum atomic E-state index is 0.800. The molecule has 1 aromatic rings. The second-order valence-corrected chi connectivity index (χ2v) is 5.56. The van der Waals surface area contributed by atoms with Crippen molar-refractivity contribution in [3.05, 3.63) is 23.8 Å². The number of ether oxygens (including phenoxy) is 2. The Bertz CT molecular complexity index is 438. The topological polar surface area (TPSA) is 33.7 Å². The van der Waals surface area contributed by atoms with Crippen molar-refractivity contribution in [2.24, 2.45) is 11.8 Å². The van der Waals surface area contributed by atoms with Gasteiger partial charge in [0.1, 0.15) is 0 Å². The first kappa shape index (κ1) is 12.8. The summed E-state index contributed by atoms with van der Waals surface area (Å²) in [4.78, 5) is 2.55. The Kier molecular flexibility index (Phi) is 3.62. The number of likely N-dealkylation sites (tertiary alicyclic amines) is 1. The number of hydrogen-bond acceptors (Lipinski definition) is 4. The van der Waals surface area contributed by atoms with Crippen molar-refractivity contribution < 1.29 is 9.47 Å². The molecule has 2 aliphatic heterocycles. The summed E-state index contributed by atoms with van der Waals surface area (Å²) < 4.78 is 10.6. The molecule has 0 aliphatic carbocycles. The third-order valence-corrected chi connectivity index (χ3v) is 4.32. The average molecular weight is 262 g/mol. The zero-order valence-electron chi connectivity index (χ0n) is 11.7. The minimum absolute atomic E-state index is 0.800. The zero-order valence-corrected chi connectivity index (χ0v) is 11.7. The number of nitrogens with one attached hydrogen (secondary N) is 1. The third-order valence-electron chi connectivity index (χ3n) is 4.32. The van der Waals surface area contributed by atoms with Crippen LogP contribution in [0.2, 0.25) is 0 Å². The average Bonchev–Trinajstić information content (AvgIpc) is 2.99. The monoisotopic (exact) mass is 262 g/mol. The molecule has 2 saturated heterocycles. The number of rotatable bonds is 4.